The lowest BCUT2D eigenvalue weighted by atomic mass is 10.1. The van der Waals surface area contributed by atoms with Gasteiger partial charge < -0.3 is 0 Å². The summed E-state index contributed by atoms with van der Waals surface area (Å²) >= 11 is 16.2. The maximum absolute atomic E-state index is 3.77. The Bertz CT molecular complexity index is 547. The van der Waals surface area contributed by atoms with E-state index >= 15 is 0 Å². The van der Waals surface area contributed by atoms with Crippen LogP contribution in [0.5, 0.6) is 0 Å². The molecule has 0 aliphatic rings. The Morgan fingerprint density at radius 1 is 1.12 bits per heavy atom. The molecule has 0 aliphatic heterocycles. The summed E-state index contributed by atoms with van der Waals surface area (Å²) in [5.74, 6) is 0. The topological polar surface area (TPSA) is 0 Å². The molecule has 0 radical (unpaired) electrons. The molecule has 0 bridgehead atoms. The molecule has 1 heterocycles. The van der Waals surface area contributed by atoms with Gasteiger partial charge >= 0.3 is 0 Å². The number of rotatable bonds is 2. The fourth-order valence-corrected chi connectivity index (χ4v) is 6.46. The molecule has 1 aromatic carbocycles. The van der Waals surface area contributed by atoms with Gasteiger partial charge in [0.05, 0.1) is 12.4 Å². The van der Waals surface area contributed by atoms with E-state index in [4.69, 9.17) is 0 Å². The van der Waals surface area contributed by atoms with Gasteiger partial charge in [0.25, 0.3) is 0 Å². The maximum Gasteiger partial charge on any atom is 0.0757 e. The van der Waals surface area contributed by atoms with Crippen molar-refractivity contribution in [3.05, 3.63) is 53.0 Å². The van der Waals surface area contributed by atoms with Crippen molar-refractivity contribution in [3.63, 3.8) is 0 Å². The summed E-state index contributed by atoms with van der Waals surface area (Å²) < 4.78 is 3.45. The minimum absolute atomic E-state index is 0.189. The van der Waals surface area contributed by atoms with E-state index in [9.17, 15) is 0 Å². The van der Waals surface area contributed by atoms with Crippen LogP contribution in [-0.2, 0) is 0 Å². The molecule has 0 N–H and O–H groups in total. The van der Waals surface area contributed by atoms with E-state index in [1.807, 2.05) is 0 Å². The number of alkyl halides is 1. The third-order valence-electron chi connectivity index (χ3n) is 2.45. The molecule has 0 saturated heterocycles. The van der Waals surface area contributed by atoms with E-state index in [1.165, 1.54) is 16.7 Å². The zero-order valence-corrected chi connectivity index (χ0v) is 16.0. The van der Waals surface area contributed by atoms with Gasteiger partial charge in [0.1, 0.15) is 0 Å². The maximum atomic E-state index is 3.77. The summed E-state index contributed by atoms with van der Waals surface area (Å²) in [6, 6.07) is 8.46. The van der Waals surface area contributed by atoms with Crippen molar-refractivity contribution in [1.82, 2.24) is 0 Å². The van der Waals surface area contributed by atoms with Crippen molar-refractivity contribution in [3.8, 4) is 0 Å². The van der Waals surface area contributed by atoms with Crippen LogP contribution in [0, 0.1) is 6.92 Å². The van der Waals surface area contributed by atoms with Crippen LogP contribution in [0.25, 0.3) is 0 Å². The van der Waals surface area contributed by atoms with E-state index in [2.05, 4.69) is 94.9 Å². The van der Waals surface area contributed by atoms with Crippen LogP contribution in [-0.4, -0.2) is 0 Å². The Kier molecular flexibility index (Phi) is 4.92. The van der Waals surface area contributed by atoms with Crippen LogP contribution in [0.15, 0.2) is 36.3 Å². The van der Waals surface area contributed by atoms with Gasteiger partial charge in [0.2, 0.25) is 0 Å². The van der Waals surface area contributed by atoms with Crippen molar-refractivity contribution in [2.24, 2.45) is 0 Å². The summed E-state index contributed by atoms with van der Waals surface area (Å²) in [4.78, 5) is 0.189. The van der Waals surface area contributed by atoms with E-state index in [-0.39, 0.29) is 4.83 Å². The quantitative estimate of drug-likeness (QED) is 0.394. The lowest BCUT2D eigenvalue weighted by Gasteiger charge is -2.13. The number of halogens is 4. The van der Waals surface area contributed by atoms with Gasteiger partial charge in [-0.15, -0.1) is 11.3 Å². The van der Waals surface area contributed by atoms with Crippen molar-refractivity contribution in [2.45, 2.75) is 11.8 Å². The molecular formula is C12H8Br4S. The zero-order chi connectivity index (χ0) is 12.6. The van der Waals surface area contributed by atoms with E-state index < -0.39 is 0 Å². The second-order valence-electron chi connectivity index (χ2n) is 3.62. The van der Waals surface area contributed by atoms with Gasteiger partial charge in [-0.1, -0.05) is 50.1 Å². The lowest BCUT2D eigenvalue weighted by Crippen LogP contribution is -1.94. The highest BCUT2D eigenvalue weighted by atomic mass is 79.9. The Balaban J connectivity index is 2.47. The third-order valence-corrected chi connectivity index (χ3v) is 6.91. The van der Waals surface area contributed by atoms with E-state index in [1.54, 1.807) is 11.3 Å². The number of thiophene rings is 1. The first kappa shape index (κ1) is 14.3. The minimum atomic E-state index is 0.189. The van der Waals surface area contributed by atoms with Gasteiger partial charge in [-0.25, -0.2) is 0 Å². The van der Waals surface area contributed by atoms with E-state index in [0.29, 0.717) is 0 Å². The molecule has 1 atom stereocenters. The van der Waals surface area contributed by atoms with Crippen molar-refractivity contribution in [1.29, 1.82) is 0 Å². The molecule has 0 aliphatic carbocycles. The largest absolute Gasteiger partial charge is 0.121 e. The molecule has 90 valence electrons. The molecule has 1 unspecified atom stereocenters. The van der Waals surface area contributed by atoms with Crippen LogP contribution in [0.1, 0.15) is 21.5 Å². The Hall–Kier alpha value is 0.840. The summed E-state index contributed by atoms with van der Waals surface area (Å²) in [7, 11) is 0. The van der Waals surface area contributed by atoms with Crippen LogP contribution in [0.4, 0.5) is 0 Å². The van der Waals surface area contributed by atoms with Gasteiger partial charge in [0, 0.05) is 4.47 Å². The van der Waals surface area contributed by atoms with Gasteiger partial charge in [-0.2, -0.15) is 0 Å². The molecule has 0 nitrogen and oxygen atoms in total. The van der Waals surface area contributed by atoms with Gasteiger partial charge in [0.15, 0.2) is 0 Å². The van der Waals surface area contributed by atoms with Gasteiger partial charge in [-0.3, -0.25) is 0 Å². The smallest absolute Gasteiger partial charge is 0.0757 e. The predicted molar refractivity (Wildman–Crippen MR) is 89.4 cm³/mol. The first-order chi connectivity index (χ1) is 8.00. The molecule has 0 amide bonds. The molecule has 17 heavy (non-hydrogen) atoms. The summed E-state index contributed by atoms with van der Waals surface area (Å²) in [6.07, 6.45) is 0. The number of hydrogen-bond donors (Lipinski definition) is 0. The Morgan fingerprint density at radius 3 is 2.41 bits per heavy atom. The number of hydrogen-bond acceptors (Lipinski definition) is 1. The summed E-state index contributed by atoms with van der Waals surface area (Å²) in [5, 5.41) is 0. The number of aryl methyl sites for hydroxylation is 1. The molecule has 1 aromatic heterocycles. The average Bonchev–Trinajstić information content (AvgIpc) is 2.61. The summed E-state index contributed by atoms with van der Waals surface area (Å²) in [6.45, 7) is 2.10. The average molecular weight is 504 g/mol. The van der Waals surface area contributed by atoms with Crippen LogP contribution < -0.4 is 0 Å². The minimum Gasteiger partial charge on any atom is -0.121 e. The van der Waals surface area contributed by atoms with Crippen molar-refractivity contribution >= 4 is 75.1 Å². The zero-order valence-electron chi connectivity index (χ0n) is 8.81. The molecule has 5 heteroatoms. The molecule has 0 spiro atoms. The highest BCUT2D eigenvalue weighted by Crippen LogP contribution is 2.44. The second-order valence-corrected chi connectivity index (χ2v) is 9.08. The highest BCUT2D eigenvalue weighted by molar-refractivity contribution is 9.12. The third kappa shape index (κ3) is 3.06. The SMILES string of the molecule is Cc1cccc(C(Br)c2cc(Br)sc2Br)c1Br. The van der Waals surface area contributed by atoms with Crippen LogP contribution in [0.3, 0.4) is 0 Å². The lowest BCUT2D eigenvalue weighted by molar-refractivity contribution is 1.15. The van der Waals surface area contributed by atoms with Crippen molar-refractivity contribution in [2.75, 3.05) is 0 Å². The number of benzene rings is 1. The molecular weight excluding hydrogens is 496 g/mol. The fraction of sp³-hybridized carbons (Fsp3) is 0.167. The first-order valence-electron chi connectivity index (χ1n) is 4.84. The van der Waals surface area contributed by atoms with Gasteiger partial charge in [-0.05, 0) is 61.5 Å². The monoisotopic (exact) mass is 500 g/mol. The molecule has 0 fully saturated rings. The highest BCUT2D eigenvalue weighted by Gasteiger charge is 2.19. The second kappa shape index (κ2) is 5.87. The molecule has 2 rings (SSSR count). The molecule has 2 aromatic rings. The van der Waals surface area contributed by atoms with Crippen molar-refractivity contribution < 1.29 is 0 Å². The Morgan fingerprint density at radius 2 is 1.82 bits per heavy atom. The summed E-state index contributed by atoms with van der Waals surface area (Å²) in [5.41, 5.74) is 3.74. The van der Waals surface area contributed by atoms with Crippen LogP contribution >= 0.6 is 75.1 Å². The fourth-order valence-electron chi connectivity index (χ4n) is 1.56. The van der Waals surface area contributed by atoms with Crippen LogP contribution in [0.2, 0.25) is 0 Å². The standard InChI is InChI=1S/C12H8Br4S/c1-6-3-2-4-7(10(6)14)11(15)8-5-9(13)17-12(8)16/h2-5,11H,1H3. The molecule has 0 saturated carbocycles. The predicted octanol–water partition coefficient (Wildman–Crippen LogP) is 6.83. The van der Waals surface area contributed by atoms with E-state index in [0.717, 1.165) is 12.0 Å². The first-order valence-corrected chi connectivity index (χ1v) is 8.95. The Labute approximate surface area is 138 Å². The normalized spacial score (nSPS) is 12.8.